The van der Waals surface area contributed by atoms with Crippen molar-refractivity contribution in [3.63, 3.8) is 0 Å². The van der Waals surface area contributed by atoms with Gasteiger partial charge in [0.1, 0.15) is 6.04 Å². The van der Waals surface area contributed by atoms with Gasteiger partial charge in [-0.05, 0) is 75.6 Å². The van der Waals surface area contributed by atoms with E-state index in [1.54, 1.807) is 0 Å². The molecule has 2 heterocycles. The first kappa shape index (κ1) is 36.2. The first-order valence-corrected chi connectivity index (χ1v) is 17.2. The standard InChI is InChI=1S/C37H54N6O4/c1-25(2)18-28(35(45)40-32(16-10-11-17-38)37(47)43-24-29-22-30(43)23-42(29)3)21-34(44)33(20-27-14-8-5-9-15-27)41-36(46)31(39)19-26-12-6-4-7-13-26/h4-9,12-15,25,28-33H,10-11,16-24,38-39H2,1-3H3,(H,40,45)(H,41,46). The molecule has 0 aromatic heterocycles. The van der Waals surface area contributed by atoms with Crippen LogP contribution in [0.4, 0.5) is 0 Å². The van der Waals surface area contributed by atoms with Gasteiger partial charge in [0.2, 0.25) is 17.7 Å². The van der Waals surface area contributed by atoms with Gasteiger partial charge in [0.05, 0.1) is 12.1 Å². The van der Waals surface area contributed by atoms with Crippen LogP contribution in [0.1, 0.15) is 63.5 Å². The number of Topliss-reactive ketones (excluding diaryl/α,β-unsaturated/α-hetero) is 1. The van der Waals surface area contributed by atoms with Crippen molar-refractivity contribution in [1.82, 2.24) is 20.4 Å². The second-order valence-electron chi connectivity index (χ2n) is 13.9. The number of rotatable bonds is 18. The Hall–Kier alpha value is -3.60. The number of likely N-dealkylation sites (tertiary alicyclic amines) is 2. The van der Waals surface area contributed by atoms with E-state index in [0.717, 1.165) is 36.9 Å². The lowest BCUT2D eigenvalue weighted by Gasteiger charge is -2.35. The number of carbonyl (C=O) groups excluding carboxylic acids is 4. The van der Waals surface area contributed by atoms with Crippen molar-refractivity contribution in [2.45, 2.75) is 95.4 Å². The molecule has 2 aromatic rings. The average molecular weight is 647 g/mol. The predicted molar refractivity (Wildman–Crippen MR) is 184 cm³/mol. The van der Waals surface area contributed by atoms with E-state index < -0.39 is 30.0 Å². The van der Waals surface area contributed by atoms with Crippen LogP contribution in [0.15, 0.2) is 60.7 Å². The van der Waals surface area contributed by atoms with Crippen molar-refractivity contribution in [3.05, 3.63) is 71.8 Å². The van der Waals surface area contributed by atoms with Crippen molar-refractivity contribution in [1.29, 1.82) is 0 Å². The van der Waals surface area contributed by atoms with Gasteiger partial charge in [-0.3, -0.25) is 24.1 Å². The molecule has 0 saturated carbocycles. The minimum atomic E-state index is -0.853. The third-order valence-corrected chi connectivity index (χ3v) is 9.56. The summed E-state index contributed by atoms with van der Waals surface area (Å²) in [5.41, 5.74) is 13.9. The summed E-state index contributed by atoms with van der Waals surface area (Å²) in [6.45, 7) is 6.05. The van der Waals surface area contributed by atoms with E-state index in [1.165, 1.54) is 0 Å². The van der Waals surface area contributed by atoms with Crippen molar-refractivity contribution < 1.29 is 19.2 Å². The SMILES string of the molecule is CC(C)CC(CC(=O)C(Cc1ccccc1)NC(=O)C(N)Cc1ccccc1)C(=O)NC(CCCCN)C(=O)N1CC2CC1CN2C. The van der Waals surface area contributed by atoms with Crippen LogP contribution in [0.3, 0.4) is 0 Å². The number of likely N-dealkylation sites (N-methyl/N-ethyl adjacent to an activating group) is 1. The lowest BCUT2D eigenvalue weighted by atomic mass is 9.88. The third-order valence-electron chi connectivity index (χ3n) is 9.56. The van der Waals surface area contributed by atoms with E-state index in [2.05, 4.69) is 22.6 Å². The van der Waals surface area contributed by atoms with Crippen LogP contribution in [0.25, 0.3) is 0 Å². The number of hydrogen-bond donors (Lipinski definition) is 4. The van der Waals surface area contributed by atoms with Crippen molar-refractivity contribution in [2.24, 2.45) is 23.3 Å². The Bertz CT molecular complexity index is 1320. The molecule has 10 heteroatoms. The molecule has 6 atom stereocenters. The Morgan fingerprint density at radius 3 is 2.00 bits per heavy atom. The van der Waals surface area contributed by atoms with E-state index in [9.17, 15) is 19.2 Å². The summed E-state index contributed by atoms with van der Waals surface area (Å²) in [6.07, 6.45) is 3.97. The van der Waals surface area contributed by atoms with Crippen LogP contribution in [0, 0.1) is 11.8 Å². The molecule has 10 nitrogen and oxygen atoms in total. The van der Waals surface area contributed by atoms with E-state index in [1.807, 2.05) is 79.4 Å². The number of unbranched alkanes of at least 4 members (excludes halogenated alkanes) is 1. The summed E-state index contributed by atoms with van der Waals surface area (Å²) in [5, 5.41) is 5.98. The fourth-order valence-electron chi connectivity index (χ4n) is 6.95. The molecule has 2 aromatic carbocycles. The molecule has 0 spiro atoms. The summed E-state index contributed by atoms with van der Waals surface area (Å²) in [4.78, 5) is 59.2. The smallest absolute Gasteiger partial charge is 0.245 e. The average Bonchev–Trinajstić information content (AvgIpc) is 3.64. The number of piperazine rings is 1. The summed E-state index contributed by atoms with van der Waals surface area (Å²) in [7, 11) is 2.09. The van der Waals surface area contributed by atoms with Crippen LogP contribution >= 0.6 is 0 Å². The van der Waals surface area contributed by atoms with E-state index >= 15 is 0 Å². The van der Waals surface area contributed by atoms with Gasteiger partial charge in [0.15, 0.2) is 5.78 Å². The van der Waals surface area contributed by atoms with E-state index in [0.29, 0.717) is 38.4 Å². The Kier molecular flexibility index (Phi) is 13.5. The molecule has 47 heavy (non-hydrogen) atoms. The highest BCUT2D eigenvalue weighted by molar-refractivity contribution is 5.95. The maximum absolute atomic E-state index is 14.0. The number of hydrogen-bond acceptors (Lipinski definition) is 7. The number of amides is 3. The molecule has 0 aliphatic carbocycles. The first-order chi connectivity index (χ1) is 22.5. The first-order valence-electron chi connectivity index (χ1n) is 17.2. The van der Waals surface area contributed by atoms with Crippen molar-refractivity contribution >= 4 is 23.5 Å². The number of carbonyl (C=O) groups is 4. The van der Waals surface area contributed by atoms with Crippen LogP contribution in [0.5, 0.6) is 0 Å². The van der Waals surface area contributed by atoms with Crippen molar-refractivity contribution in [2.75, 3.05) is 26.7 Å². The zero-order valence-electron chi connectivity index (χ0n) is 28.3. The van der Waals surface area contributed by atoms with E-state index in [4.69, 9.17) is 11.5 Å². The van der Waals surface area contributed by atoms with Gasteiger partial charge in [-0.2, -0.15) is 0 Å². The Morgan fingerprint density at radius 2 is 1.45 bits per heavy atom. The number of ketones is 1. The number of benzene rings is 2. The maximum atomic E-state index is 14.0. The van der Waals surface area contributed by atoms with E-state index in [-0.39, 0.29) is 42.4 Å². The predicted octanol–water partition coefficient (Wildman–Crippen LogP) is 2.43. The highest BCUT2D eigenvalue weighted by Gasteiger charge is 2.45. The molecule has 2 aliphatic heterocycles. The zero-order chi connectivity index (χ0) is 33.9. The highest BCUT2D eigenvalue weighted by Crippen LogP contribution is 2.30. The molecule has 2 bridgehead atoms. The summed E-state index contributed by atoms with van der Waals surface area (Å²) in [5.74, 6) is -1.51. The van der Waals surface area contributed by atoms with Gasteiger partial charge < -0.3 is 27.0 Å². The number of fused-ring (bicyclic) bond motifs is 2. The zero-order valence-corrected chi connectivity index (χ0v) is 28.3. The molecule has 2 fully saturated rings. The van der Waals surface area contributed by atoms with Crippen LogP contribution in [-0.4, -0.2) is 90.2 Å². The minimum Gasteiger partial charge on any atom is -0.345 e. The lowest BCUT2D eigenvalue weighted by molar-refractivity contribution is -0.140. The van der Waals surface area contributed by atoms with Gasteiger partial charge in [0.25, 0.3) is 0 Å². The molecular weight excluding hydrogens is 592 g/mol. The molecule has 256 valence electrons. The lowest BCUT2D eigenvalue weighted by Crippen LogP contribution is -2.55. The van der Waals surface area contributed by atoms with Gasteiger partial charge in [0, 0.05) is 37.5 Å². The molecule has 3 amide bonds. The summed E-state index contributed by atoms with van der Waals surface area (Å²) < 4.78 is 0. The molecule has 2 aliphatic rings. The van der Waals surface area contributed by atoms with Crippen LogP contribution < -0.4 is 22.1 Å². The second-order valence-corrected chi connectivity index (χ2v) is 13.9. The number of nitrogens with two attached hydrogens (primary N) is 2. The fraction of sp³-hybridized carbons (Fsp3) is 0.568. The molecule has 6 unspecified atom stereocenters. The Balaban J connectivity index is 1.47. The molecule has 6 N–H and O–H groups in total. The topological polar surface area (TPSA) is 151 Å². The van der Waals surface area contributed by atoms with Gasteiger partial charge in [-0.1, -0.05) is 74.5 Å². The van der Waals surface area contributed by atoms with Gasteiger partial charge in [-0.15, -0.1) is 0 Å². The monoisotopic (exact) mass is 646 g/mol. The van der Waals surface area contributed by atoms with Crippen molar-refractivity contribution in [3.8, 4) is 0 Å². The quantitative estimate of drug-likeness (QED) is 0.182. The molecule has 0 radical (unpaired) electrons. The summed E-state index contributed by atoms with van der Waals surface area (Å²) in [6, 6.07) is 17.2. The fourth-order valence-corrected chi connectivity index (χ4v) is 6.95. The number of nitrogens with zero attached hydrogens (tertiary/aromatic N) is 2. The van der Waals surface area contributed by atoms with Crippen LogP contribution in [-0.2, 0) is 32.0 Å². The maximum Gasteiger partial charge on any atom is 0.245 e. The Morgan fingerprint density at radius 1 is 0.830 bits per heavy atom. The van der Waals surface area contributed by atoms with Crippen LogP contribution in [0.2, 0.25) is 0 Å². The second kappa shape index (κ2) is 17.5. The normalized spacial score (nSPS) is 20.1. The largest absolute Gasteiger partial charge is 0.345 e. The molecule has 2 saturated heterocycles. The molecule has 4 rings (SSSR count). The minimum absolute atomic E-state index is 0.0489. The van der Waals surface area contributed by atoms with Gasteiger partial charge >= 0.3 is 0 Å². The number of nitrogens with one attached hydrogen (secondary N) is 2. The van der Waals surface area contributed by atoms with Gasteiger partial charge in [-0.25, -0.2) is 0 Å². The Labute approximate surface area is 280 Å². The molecular formula is C37H54N6O4. The summed E-state index contributed by atoms with van der Waals surface area (Å²) >= 11 is 0. The third kappa shape index (κ3) is 10.4. The highest BCUT2D eigenvalue weighted by atomic mass is 16.2.